The van der Waals surface area contributed by atoms with Crippen LogP contribution in [0.5, 0.6) is 0 Å². The van der Waals surface area contributed by atoms with E-state index in [1.54, 1.807) is 6.07 Å². The van der Waals surface area contributed by atoms with Gasteiger partial charge in [-0.3, -0.25) is 9.59 Å². The molecule has 1 N–H and O–H groups in total. The average Bonchev–Trinajstić information content (AvgIpc) is 2.48. The van der Waals surface area contributed by atoms with Crippen LogP contribution in [0.3, 0.4) is 0 Å². The Hall–Kier alpha value is -2.95. The van der Waals surface area contributed by atoms with Gasteiger partial charge in [0.2, 0.25) is 0 Å². The van der Waals surface area contributed by atoms with Crippen LogP contribution in [-0.4, -0.2) is 20.9 Å². The van der Waals surface area contributed by atoms with Crippen molar-refractivity contribution in [3.8, 4) is 11.3 Å². The highest BCUT2D eigenvalue weighted by molar-refractivity contribution is 5.86. The van der Waals surface area contributed by atoms with Gasteiger partial charge in [0.15, 0.2) is 0 Å². The molecule has 0 saturated carbocycles. The van der Waals surface area contributed by atoms with Gasteiger partial charge in [-0.25, -0.2) is 4.68 Å². The van der Waals surface area contributed by atoms with Crippen molar-refractivity contribution in [2.75, 3.05) is 0 Å². The van der Waals surface area contributed by atoms with Crippen LogP contribution in [0.2, 0.25) is 0 Å². The van der Waals surface area contributed by atoms with Crippen molar-refractivity contribution in [3.63, 3.8) is 0 Å². The van der Waals surface area contributed by atoms with E-state index in [2.05, 4.69) is 5.10 Å². The van der Waals surface area contributed by atoms with Gasteiger partial charge in [-0.2, -0.15) is 5.10 Å². The molecule has 0 aliphatic carbocycles. The Labute approximate surface area is 120 Å². The highest BCUT2D eigenvalue weighted by Gasteiger charge is 2.07. The zero-order chi connectivity index (χ0) is 14.8. The fourth-order valence-electron chi connectivity index (χ4n) is 2.19. The molecule has 0 radical (unpaired) electrons. The molecule has 0 atom stereocenters. The number of benzene rings is 2. The smallest absolute Gasteiger partial charge is 0.325 e. The monoisotopic (exact) mass is 280 g/mol. The second-order valence-corrected chi connectivity index (χ2v) is 4.67. The maximum Gasteiger partial charge on any atom is 0.325 e. The zero-order valence-corrected chi connectivity index (χ0v) is 11.1. The first-order valence-electron chi connectivity index (χ1n) is 6.42. The lowest BCUT2D eigenvalue weighted by Gasteiger charge is -2.06. The number of carbonyl (C=O) groups is 1. The number of hydrogen-bond donors (Lipinski definition) is 1. The SMILES string of the molecule is O=C(O)Cn1nc(-c2ccc3ccccc3c2)ccc1=O. The maximum atomic E-state index is 11.6. The van der Waals surface area contributed by atoms with Crippen LogP contribution < -0.4 is 5.56 Å². The summed E-state index contributed by atoms with van der Waals surface area (Å²) in [6.45, 7) is -0.444. The first kappa shape index (κ1) is 13.1. The van der Waals surface area contributed by atoms with Gasteiger partial charge in [-0.15, -0.1) is 0 Å². The second-order valence-electron chi connectivity index (χ2n) is 4.67. The molecule has 0 amide bonds. The van der Waals surface area contributed by atoms with E-state index in [-0.39, 0.29) is 0 Å². The van der Waals surface area contributed by atoms with Crippen molar-refractivity contribution in [1.82, 2.24) is 9.78 Å². The zero-order valence-electron chi connectivity index (χ0n) is 11.1. The van der Waals surface area contributed by atoms with Crippen molar-refractivity contribution in [1.29, 1.82) is 0 Å². The molecule has 21 heavy (non-hydrogen) atoms. The fourth-order valence-corrected chi connectivity index (χ4v) is 2.19. The molecule has 0 bridgehead atoms. The van der Waals surface area contributed by atoms with Gasteiger partial charge >= 0.3 is 5.97 Å². The number of aromatic nitrogens is 2. The lowest BCUT2D eigenvalue weighted by molar-refractivity contribution is -0.138. The third-order valence-electron chi connectivity index (χ3n) is 3.20. The van der Waals surface area contributed by atoms with Gasteiger partial charge in [0, 0.05) is 11.6 Å². The minimum absolute atomic E-state index is 0.429. The second kappa shape index (κ2) is 5.20. The van der Waals surface area contributed by atoms with Crippen LogP contribution >= 0.6 is 0 Å². The molecule has 5 heteroatoms. The summed E-state index contributed by atoms with van der Waals surface area (Å²) in [5.74, 6) is -1.10. The molecule has 0 aliphatic heterocycles. The molecule has 0 saturated heterocycles. The highest BCUT2D eigenvalue weighted by Crippen LogP contribution is 2.22. The predicted octanol–water partition coefficient (Wildman–Crippen LogP) is 2.15. The first-order valence-corrected chi connectivity index (χ1v) is 6.42. The molecule has 1 aromatic heterocycles. The fraction of sp³-hybridized carbons (Fsp3) is 0.0625. The van der Waals surface area contributed by atoms with E-state index in [4.69, 9.17) is 5.11 Å². The number of nitrogens with zero attached hydrogens (tertiary/aromatic N) is 2. The van der Waals surface area contributed by atoms with Crippen LogP contribution in [0.25, 0.3) is 22.0 Å². The highest BCUT2D eigenvalue weighted by atomic mass is 16.4. The quantitative estimate of drug-likeness (QED) is 0.798. The third-order valence-corrected chi connectivity index (χ3v) is 3.20. The Balaban J connectivity index is 2.09. The summed E-state index contributed by atoms with van der Waals surface area (Å²) in [6, 6.07) is 16.7. The number of fused-ring (bicyclic) bond motifs is 1. The summed E-state index contributed by atoms with van der Waals surface area (Å²) in [6.07, 6.45) is 0. The van der Waals surface area contributed by atoms with E-state index in [9.17, 15) is 9.59 Å². The molecule has 0 spiro atoms. The van der Waals surface area contributed by atoms with Gasteiger partial charge in [0.25, 0.3) is 5.56 Å². The molecule has 0 fully saturated rings. The maximum absolute atomic E-state index is 11.6. The average molecular weight is 280 g/mol. The molecule has 1 heterocycles. The summed E-state index contributed by atoms with van der Waals surface area (Å²) in [4.78, 5) is 22.3. The van der Waals surface area contributed by atoms with Gasteiger partial charge < -0.3 is 5.11 Å². The number of rotatable bonds is 3. The largest absolute Gasteiger partial charge is 0.480 e. The van der Waals surface area contributed by atoms with E-state index in [0.29, 0.717) is 5.69 Å². The van der Waals surface area contributed by atoms with E-state index in [1.165, 1.54) is 6.07 Å². The molecule has 104 valence electrons. The Kier molecular flexibility index (Phi) is 3.23. The number of aliphatic carboxylic acids is 1. The summed E-state index contributed by atoms with van der Waals surface area (Å²) in [5, 5.41) is 15.1. The van der Waals surface area contributed by atoms with E-state index >= 15 is 0 Å². The Morgan fingerprint density at radius 2 is 1.81 bits per heavy atom. The van der Waals surface area contributed by atoms with E-state index in [1.807, 2.05) is 42.5 Å². The molecule has 5 nitrogen and oxygen atoms in total. The number of carboxylic acids is 1. The summed E-state index contributed by atoms with van der Waals surface area (Å²) in [7, 11) is 0. The van der Waals surface area contributed by atoms with Gasteiger partial charge in [0.1, 0.15) is 6.54 Å². The van der Waals surface area contributed by atoms with Crippen molar-refractivity contribution in [3.05, 3.63) is 65.0 Å². The summed E-state index contributed by atoms with van der Waals surface area (Å²) in [5.41, 5.74) is 0.983. The number of carboxylic acid groups (broad SMARTS) is 1. The molecule has 0 aliphatic rings. The molecular weight excluding hydrogens is 268 g/mol. The predicted molar refractivity (Wildman–Crippen MR) is 79.1 cm³/mol. The van der Waals surface area contributed by atoms with Gasteiger partial charge in [-0.1, -0.05) is 36.4 Å². The third kappa shape index (κ3) is 2.67. The van der Waals surface area contributed by atoms with E-state index < -0.39 is 18.1 Å². The molecular formula is C16H12N2O3. The van der Waals surface area contributed by atoms with E-state index in [0.717, 1.165) is 21.0 Å². The summed E-state index contributed by atoms with van der Waals surface area (Å²) < 4.78 is 0.951. The van der Waals surface area contributed by atoms with Gasteiger partial charge in [0.05, 0.1) is 5.69 Å². The minimum Gasteiger partial charge on any atom is -0.480 e. The summed E-state index contributed by atoms with van der Waals surface area (Å²) >= 11 is 0. The van der Waals surface area contributed by atoms with Gasteiger partial charge in [-0.05, 0) is 22.9 Å². The first-order chi connectivity index (χ1) is 10.1. The van der Waals surface area contributed by atoms with Crippen LogP contribution in [0.15, 0.2) is 59.4 Å². The van der Waals surface area contributed by atoms with Crippen LogP contribution in [0.1, 0.15) is 0 Å². The van der Waals surface area contributed by atoms with Crippen LogP contribution in [-0.2, 0) is 11.3 Å². The Morgan fingerprint density at radius 3 is 2.57 bits per heavy atom. The molecule has 3 aromatic rings. The lowest BCUT2D eigenvalue weighted by Crippen LogP contribution is -2.26. The van der Waals surface area contributed by atoms with Crippen LogP contribution in [0.4, 0.5) is 0 Å². The Bertz CT molecular complexity index is 884. The minimum atomic E-state index is -1.10. The van der Waals surface area contributed by atoms with Crippen molar-refractivity contribution in [2.24, 2.45) is 0 Å². The van der Waals surface area contributed by atoms with Crippen molar-refractivity contribution >= 4 is 16.7 Å². The topological polar surface area (TPSA) is 72.2 Å². The molecule has 2 aromatic carbocycles. The number of hydrogen-bond acceptors (Lipinski definition) is 3. The molecule has 3 rings (SSSR count). The van der Waals surface area contributed by atoms with Crippen LogP contribution in [0, 0.1) is 0 Å². The standard InChI is InChI=1S/C16H12N2O3/c19-15-8-7-14(17-18(15)10-16(20)21)13-6-5-11-3-1-2-4-12(11)9-13/h1-9H,10H2,(H,20,21). The molecule has 0 unspecified atom stereocenters. The van der Waals surface area contributed by atoms with Crippen molar-refractivity contribution in [2.45, 2.75) is 6.54 Å². The lowest BCUT2D eigenvalue weighted by atomic mass is 10.1. The normalized spacial score (nSPS) is 10.7. The Morgan fingerprint density at radius 1 is 1.05 bits per heavy atom. The van der Waals surface area contributed by atoms with Crippen molar-refractivity contribution < 1.29 is 9.90 Å².